The SMILES string of the molecule is COc1ccc(CCC#Cc2cc(-c3ccc4cnccc4c3)cs2)cc1. The van der Waals surface area contributed by atoms with Crippen LogP contribution in [0.5, 0.6) is 5.75 Å². The molecule has 0 aliphatic heterocycles. The average molecular weight is 369 g/mol. The van der Waals surface area contributed by atoms with Crippen LogP contribution in [0.15, 0.2) is 72.4 Å². The molecule has 4 aromatic rings. The molecular formula is C24H19NOS. The van der Waals surface area contributed by atoms with Gasteiger partial charge in [-0.2, -0.15) is 0 Å². The van der Waals surface area contributed by atoms with Gasteiger partial charge in [-0.25, -0.2) is 0 Å². The van der Waals surface area contributed by atoms with Gasteiger partial charge in [-0.3, -0.25) is 4.98 Å². The van der Waals surface area contributed by atoms with Gasteiger partial charge < -0.3 is 4.74 Å². The maximum absolute atomic E-state index is 5.19. The summed E-state index contributed by atoms with van der Waals surface area (Å²) in [6.07, 6.45) is 5.53. The van der Waals surface area contributed by atoms with E-state index in [0.29, 0.717) is 0 Å². The summed E-state index contributed by atoms with van der Waals surface area (Å²) in [6.45, 7) is 0. The van der Waals surface area contributed by atoms with Gasteiger partial charge in [0.05, 0.1) is 12.0 Å². The largest absolute Gasteiger partial charge is 0.497 e. The van der Waals surface area contributed by atoms with Crippen LogP contribution in [0.1, 0.15) is 16.9 Å². The first-order chi connectivity index (χ1) is 13.3. The van der Waals surface area contributed by atoms with E-state index in [0.717, 1.165) is 28.9 Å². The molecule has 132 valence electrons. The van der Waals surface area contributed by atoms with E-state index in [4.69, 9.17) is 4.74 Å². The van der Waals surface area contributed by atoms with Crippen molar-refractivity contribution in [3.63, 3.8) is 0 Å². The zero-order valence-corrected chi connectivity index (χ0v) is 15.9. The topological polar surface area (TPSA) is 22.1 Å². The molecule has 3 heteroatoms. The number of nitrogens with zero attached hydrogens (tertiary/aromatic N) is 1. The summed E-state index contributed by atoms with van der Waals surface area (Å²) in [4.78, 5) is 5.28. The lowest BCUT2D eigenvalue weighted by atomic mass is 10.0. The van der Waals surface area contributed by atoms with E-state index in [1.165, 1.54) is 22.1 Å². The highest BCUT2D eigenvalue weighted by molar-refractivity contribution is 7.11. The highest BCUT2D eigenvalue weighted by Crippen LogP contribution is 2.28. The molecule has 0 unspecified atom stereocenters. The number of thiophene rings is 1. The fourth-order valence-electron chi connectivity index (χ4n) is 2.96. The van der Waals surface area contributed by atoms with E-state index in [1.807, 2.05) is 30.6 Å². The zero-order chi connectivity index (χ0) is 18.5. The Kier molecular flexibility index (Phi) is 5.18. The van der Waals surface area contributed by atoms with E-state index < -0.39 is 0 Å². The van der Waals surface area contributed by atoms with Crippen LogP contribution in [0, 0.1) is 11.8 Å². The Morgan fingerprint density at radius 2 is 1.85 bits per heavy atom. The Labute approximate surface area is 163 Å². The monoisotopic (exact) mass is 369 g/mol. The molecule has 2 nitrogen and oxygen atoms in total. The third kappa shape index (κ3) is 4.19. The Balaban J connectivity index is 1.42. The van der Waals surface area contributed by atoms with Crippen LogP contribution < -0.4 is 4.74 Å². The average Bonchev–Trinajstić information content (AvgIpc) is 3.20. The third-order valence-corrected chi connectivity index (χ3v) is 5.33. The molecule has 4 rings (SSSR count). The van der Waals surface area contributed by atoms with Gasteiger partial charge in [-0.05, 0) is 64.2 Å². The quantitative estimate of drug-likeness (QED) is 0.414. The van der Waals surface area contributed by atoms with Gasteiger partial charge in [-0.1, -0.05) is 36.1 Å². The maximum Gasteiger partial charge on any atom is 0.118 e. The zero-order valence-electron chi connectivity index (χ0n) is 15.1. The Morgan fingerprint density at radius 1 is 0.963 bits per heavy atom. The minimum absolute atomic E-state index is 0.850. The minimum atomic E-state index is 0.850. The van der Waals surface area contributed by atoms with Crippen molar-refractivity contribution in [2.75, 3.05) is 7.11 Å². The fraction of sp³-hybridized carbons (Fsp3) is 0.125. The summed E-state index contributed by atoms with van der Waals surface area (Å²) in [5, 5.41) is 4.55. The fourth-order valence-corrected chi connectivity index (χ4v) is 3.75. The molecule has 0 fully saturated rings. The number of hydrogen-bond acceptors (Lipinski definition) is 3. The maximum atomic E-state index is 5.19. The Morgan fingerprint density at radius 3 is 2.70 bits per heavy atom. The molecule has 0 aliphatic carbocycles. The Hall–Kier alpha value is -3.09. The molecule has 0 saturated heterocycles. The van der Waals surface area contributed by atoms with Gasteiger partial charge in [0.1, 0.15) is 5.75 Å². The number of methoxy groups -OCH3 is 1. The summed E-state index contributed by atoms with van der Waals surface area (Å²) >= 11 is 1.70. The van der Waals surface area contributed by atoms with Crippen LogP contribution in [-0.2, 0) is 6.42 Å². The lowest BCUT2D eigenvalue weighted by Gasteiger charge is -2.01. The van der Waals surface area contributed by atoms with Crippen LogP contribution in [0.25, 0.3) is 21.9 Å². The molecule has 0 radical (unpaired) electrons. The summed E-state index contributed by atoms with van der Waals surface area (Å²) < 4.78 is 5.19. The first-order valence-electron chi connectivity index (χ1n) is 8.86. The second-order valence-corrected chi connectivity index (χ2v) is 7.20. The molecule has 0 bridgehead atoms. The Bertz CT molecular complexity index is 1120. The second kappa shape index (κ2) is 8.07. The molecule has 0 saturated carbocycles. The predicted octanol–water partition coefficient (Wildman–Crippen LogP) is 5.96. The van der Waals surface area contributed by atoms with Crippen LogP contribution in [0.2, 0.25) is 0 Å². The molecule has 27 heavy (non-hydrogen) atoms. The van der Waals surface area contributed by atoms with Gasteiger partial charge in [0.2, 0.25) is 0 Å². The number of rotatable bonds is 4. The highest BCUT2D eigenvalue weighted by atomic mass is 32.1. The number of aryl methyl sites for hydroxylation is 1. The number of benzene rings is 2. The van der Waals surface area contributed by atoms with E-state index in [1.54, 1.807) is 18.4 Å². The van der Waals surface area contributed by atoms with Gasteiger partial charge in [-0.15, -0.1) is 11.3 Å². The molecule has 0 aliphatic rings. The van der Waals surface area contributed by atoms with E-state index in [-0.39, 0.29) is 0 Å². The minimum Gasteiger partial charge on any atom is -0.497 e. The summed E-state index contributed by atoms with van der Waals surface area (Å²) in [6, 6.07) is 18.9. The first-order valence-corrected chi connectivity index (χ1v) is 9.74. The van der Waals surface area contributed by atoms with E-state index in [2.05, 4.69) is 58.6 Å². The van der Waals surface area contributed by atoms with Gasteiger partial charge >= 0.3 is 0 Å². The number of hydrogen-bond donors (Lipinski definition) is 0. The lowest BCUT2D eigenvalue weighted by molar-refractivity contribution is 0.414. The molecule has 0 amide bonds. The van der Waals surface area contributed by atoms with Crippen molar-refractivity contribution in [1.29, 1.82) is 0 Å². The summed E-state index contributed by atoms with van der Waals surface area (Å²) in [5.74, 6) is 7.48. The molecular weight excluding hydrogens is 350 g/mol. The molecule has 2 aromatic heterocycles. The predicted molar refractivity (Wildman–Crippen MR) is 113 cm³/mol. The molecule has 0 N–H and O–H groups in total. The van der Waals surface area contributed by atoms with Crippen molar-refractivity contribution < 1.29 is 4.74 Å². The highest BCUT2D eigenvalue weighted by Gasteiger charge is 2.02. The van der Waals surface area contributed by atoms with Crippen LogP contribution in [-0.4, -0.2) is 12.1 Å². The van der Waals surface area contributed by atoms with E-state index in [9.17, 15) is 0 Å². The van der Waals surface area contributed by atoms with Gasteiger partial charge in [0.25, 0.3) is 0 Å². The van der Waals surface area contributed by atoms with Crippen LogP contribution in [0.3, 0.4) is 0 Å². The lowest BCUT2D eigenvalue weighted by Crippen LogP contribution is -1.85. The van der Waals surface area contributed by atoms with Crippen molar-refractivity contribution in [1.82, 2.24) is 4.98 Å². The standard InChI is InChI=1S/C24H19NOS/c1-26-23-10-6-18(7-11-23)4-2-3-5-24-15-22(17-27-24)19-8-9-21-16-25-13-12-20(21)14-19/h6-17H,2,4H2,1H3. The third-order valence-electron chi connectivity index (χ3n) is 4.48. The van der Waals surface area contributed by atoms with Gasteiger partial charge in [0, 0.05) is 24.2 Å². The van der Waals surface area contributed by atoms with Crippen molar-refractivity contribution in [2.45, 2.75) is 12.8 Å². The van der Waals surface area contributed by atoms with Crippen molar-refractivity contribution >= 4 is 22.1 Å². The smallest absolute Gasteiger partial charge is 0.118 e. The van der Waals surface area contributed by atoms with Crippen LogP contribution in [0.4, 0.5) is 0 Å². The van der Waals surface area contributed by atoms with Crippen molar-refractivity contribution in [2.24, 2.45) is 0 Å². The first kappa shape index (κ1) is 17.3. The second-order valence-electron chi connectivity index (χ2n) is 6.29. The number of ether oxygens (including phenoxy) is 1. The van der Waals surface area contributed by atoms with Crippen molar-refractivity contribution in [3.05, 3.63) is 82.8 Å². The van der Waals surface area contributed by atoms with Crippen LogP contribution >= 0.6 is 11.3 Å². The van der Waals surface area contributed by atoms with Gasteiger partial charge in [0.15, 0.2) is 0 Å². The van der Waals surface area contributed by atoms with Crippen molar-refractivity contribution in [3.8, 4) is 28.7 Å². The molecule has 2 aromatic carbocycles. The molecule has 2 heterocycles. The number of pyridine rings is 1. The molecule has 0 atom stereocenters. The summed E-state index contributed by atoms with van der Waals surface area (Å²) in [5.41, 5.74) is 3.72. The summed E-state index contributed by atoms with van der Waals surface area (Å²) in [7, 11) is 1.69. The number of fused-ring (bicyclic) bond motifs is 1. The van der Waals surface area contributed by atoms with E-state index >= 15 is 0 Å². The molecule has 0 spiro atoms. The normalized spacial score (nSPS) is 10.4. The number of aromatic nitrogens is 1.